The number of esters is 1. The molecule has 0 radical (unpaired) electrons. The maximum atomic E-state index is 12.4. The molecule has 1 aliphatic heterocycles. The lowest BCUT2D eigenvalue weighted by atomic mass is 10.2. The molecular weight excluding hydrogens is 276 g/mol. The number of amides is 2. The molecule has 0 bridgehead atoms. The molecule has 0 spiro atoms. The van der Waals surface area contributed by atoms with E-state index in [0.29, 0.717) is 24.6 Å². The van der Waals surface area contributed by atoms with Crippen molar-refractivity contribution in [2.75, 3.05) is 39.3 Å². The van der Waals surface area contributed by atoms with Crippen LogP contribution < -0.4 is 10.1 Å². The highest BCUT2D eigenvalue weighted by Crippen LogP contribution is 2.24. The lowest BCUT2D eigenvalue weighted by Crippen LogP contribution is -2.54. The van der Waals surface area contributed by atoms with Crippen molar-refractivity contribution in [2.45, 2.75) is 6.04 Å². The van der Waals surface area contributed by atoms with E-state index in [1.165, 1.54) is 19.1 Å². The SMILES string of the molecule is COC(=O)C1COCCN1C(=O)Nc1ccccc1OC. The van der Waals surface area contributed by atoms with Crippen LogP contribution in [0, 0.1) is 0 Å². The number of morpholine rings is 1. The Morgan fingerprint density at radius 3 is 2.81 bits per heavy atom. The number of nitrogens with one attached hydrogen (secondary N) is 1. The number of hydrogen-bond donors (Lipinski definition) is 1. The van der Waals surface area contributed by atoms with Crippen molar-refractivity contribution in [3.05, 3.63) is 24.3 Å². The summed E-state index contributed by atoms with van der Waals surface area (Å²) in [5.41, 5.74) is 0.542. The largest absolute Gasteiger partial charge is 0.495 e. The van der Waals surface area contributed by atoms with E-state index in [-0.39, 0.29) is 6.61 Å². The first kappa shape index (κ1) is 15.1. The van der Waals surface area contributed by atoms with Gasteiger partial charge in [0.15, 0.2) is 6.04 Å². The molecule has 0 aliphatic carbocycles. The van der Waals surface area contributed by atoms with Crippen LogP contribution in [-0.2, 0) is 14.3 Å². The molecule has 7 heteroatoms. The highest BCUT2D eigenvalue weighted by atomic mass is 16.5. The molecule has 2 amide bonds. The zero-order valence-electron chi connectivity index (χ0n) is 12.0. The average molecular weight is 294 g/mol. The van der Waals surface area contributed by atoms with Crippen molar-refractivity contribution in [3.63, 3.8) is 0 Å². The number of benzene rings is 1. The predicted octanol–water partition coefficient (Wildman–Crippen LogP) is 1.10. The second-order valence-corrected chi connectivity index (χ2v) is 4.44. The summed E-state index contributed by atoms with van der Waals surface area (Å²) in [6, 6.07) is 5.93. The maximum Gasteiger partial charge on any atom is 0.331 e. The zero-order chi connectivity index (χ0) is 15.2. The highest BCUT2D eigenvalue weighted by Gasteiger charge is 2.33. The normalized spacial score (nSPS) is 18.0. The summed E-state index contributed by atoms with van der Waals surface area (Å²) in [6.07, 6.45) is 0. The maximum absolute atomic E-state index is 12.4. The molecule has 21 heavy (non-hydrogen) atoms. The molecule has 1 unspecified atom stereocenters. The Labute approximate surface area is 122 Å². The Morgan fingerprint density at radius 1 is 1.33 bits per heavy atom. The molecule has 1 atom stereocenters. The average Bonchev–Trinajstić information content (AvgIpc) is 2.54. The molecular formula is C14H18N2O5. The smallest absolute Gasteiger partial charge is 0.331 e. The number of rotatable bonds is 3. The van der Waals surface area contributed by atoms with Crippen LogP contribution in [0.3, 0.4) is 0 Å². The number of ether oxygens (including phenoxy) is 3. The first-order valence-corrected chi connectivity index (χ1v) is 6.53. The summed E-state index contributed by atoms with van der Waals surface area (Å²) in [5, 5.41) is 2.74. The van der Waals surface area contributed by atoms with Gasteiger partial charge >= 0.3 is 12.0 Å². The number of para-hydroxylation sites is 2. The number of carbonyl (C=O) groups is 2. The first-order chi connectivity index (χ1) is 10.2. The second kappa shape index (κ2) is 6.94. The van der Waals surface area contributed by atoms with Gasteiger partial charge in [-0.2, -0.15) is 0 Å². The van der Waals surface area contributed by atoms with E-state index in [0.717, 1.165) is 0 Å². The minimum Gasteiger partial charge on any atom is -0.495 e. The molecule has 1 N–H and O–H groups in total. The Balaban J connectivity index is 2.12. The van der Waals surface area contributed by atoms with Crippen LogP contribution in [-0.4, -0.2) is 56.9 Å². The molecule has 1 fully saturated rings. The van der Waals surface area contributed by atoms with Crippen LogP contribution in [0.15, 0.2) is 24.3 Å². The minimum atomic E-state index is -0.738. The fourth-order valence-corrected chi connectivity index (χ4v) is 2.11. The van der Waals surface area contributed by atoms with Crippen molar-refractivity contribution in [1.29, 1.82) is 0 Å². The van der Waals surface area contributed by atoms with Crippen molar-refractivity contribution in [3.8, 4) is 5.75 Å². The number of carbonyl (C=O) groups excluding carboxylic acids is 2. The zero-order valence-corrected chi connectivity index (χ0v) is 12.0. The van der Waals surface area contributed by atoms with Crippen molar-refractivity contribution in [1.82, 2.24) is 4.90 Å². The van der Waals surface area contributed by atoms with Gasteiger partial charge in [-0.25, -0.2) is 9.59 Å². The lowest BCUT2D eigenvalue weighted by Gasteiger charge is -2.33. The molecule has 1 heterocycles. The van der Waals surface area contributed by atoms with E-state index in [1.54, 1.807) is 24.3 Å². The standard InChI is InChI=1S/C14H18N2O5/c1-19-12-6-4-3-5-10(12)15-14(18)16-7-8-21-9-11(16)13(17)20-2/h3-6,11H,7-9H2,1-2H3,(H,15,18). The van der Waals surface area contributed by atoms with E-state index in [2.05, 4.69) is 5.32 Å². The predicted molar refractivity (Wildman–Crippen MR) is 75.3 cm³/mol. The molecule has 2 rings (SSSR count). The fraction of sp³-hybridized carbons (Fsp3) is 0.429. The van der Waals surface area contributed by atoms with Gasteiger partial charge in [-0.3, -0.25) is 0 Å². The minimum absolute atomic E-state index is 0.131. The van der Waals surface area contributed by atoms with Crippen LogP contribution in [0.25, 0.3) is 0 Å². The third-order valence-electron chi connectivity index (χ3n) is 3.21. The number of methoxy groups -OCH3 is 2. The summed E-state index contributed by atoms with van der Waals surface area (Å²) in [6.45, 7) is 0.833. The highest BCUT2D eigenvalue weighted by molar-refractivity contribution is 5.94. The third kappa shape index (κ3) is 3.43. The van der Waals surface area contributed by atoms with E-state index in [4.69, 9.17) is 14.2 Å². The summed E-state index contributed by atoms with van der Waals surface area (Å²) < 4.78 is 15.1. The van der Waals surface area contributed by atoms with Gasteiger partial charge in [0.05, 0.1) is 33.1 Å². The van der Waals surface area contributed by atoms with Gasteiger partial charge in [0.2, 0.25) is 0 Å². The van der Waals surface area contributed by atoms with Gasteiger partial charge in [-0.05, 0) is 12.1 Å². The number of urea groups is 1. The molecule has 7 nitrogen and oxygen atoms in total. The molecule has 1 saturated heterocycles. The Morgan fingerprint density at radius 2 is 2.10 bits per heavy atom. The van der Waals surface area contributed by atoms with E-state index >= 15 is 0 Å². The second-order valence-electron chi connectivity index (χ2n) is 4.44. The van der Waals surface area contributed by atoms with E-state index in [9.17, 15) is 9.59 Å². The van der Waals surface area contributed by atoms with Gasteiger partial charge in [0, 0.05) is 6.54 Å². The Kier molecular flexibility index (Phi) is 4.99. The van der Waals surface area contributed by atoms with Crippen LogP contribution in [0.2, 0.25) is 0 Å². The molecule has 114 valence electrons. The van der Waals surface area contributed by atoms with Crippen LogP contribution in [0.5, 0.6) is 5.75 Å². The van der Waals surface area contributed by atoms with Crippen molar-refractivity contribution < 1.29 is 23.8 Å². The van der Waals surface area contributed by atoms with E-state index < -0.39 is 18.0 Å². The van der Waals surface area contributed by atoms with Crippen LogP contribution >= 0.6 is 0 Å². The molecule has 1 aromatic carbocycles. The first-order valence-electron chi connectivity index (χ1n) is 6.53. The molecule has 0 aromatic heterocycles. The molecule has 0 saturated carbocycles. The van der Waals surface area contributed by atoms with Gasteiger partial charge in [0.25, 0.3) is 0 Å². The number of anilines is 1. The van der Waals surface area contributed by atoms with Gasteiger partial charge in [0.1, 0.15) is 5.75 Å². The monoisotopic (exact) mass is 294 g/mol. The summed E-state index contributed by atoms with van der Waals surface area (Å²) in [5.74, 6) is 0.0543. The van der Waals surface area contributed by atoms with Gasteiger partial charge < -0.3 is 24.4 Å². The lowest BCUT2D eigenvalue weighted by molar-refractivity contribution is -0.150. The van der Waals surface area contributed by atoms with Crippen LogP contribution in [0.1, 0.15) is 0 Å². The summed E-state index contributed by atoms with van der Waals surface area (Å²) in [7, 11) is 2.81. The third-order valence-corrected chi connectivity index (χ3v) is 3.21. The number of hydrogen-bond acceptors (Lipinski definition) is 5. The number of nitrogens with zero attached hydrogens (tertiary/aromatic N) is 1. The molecule has 1 aromatic rings. The fourth-order valence-electron chi connectivity index (χ4n) is 2.11. The topological polar surface area (TPSA) is 77.1 Å². The van der Waals surface area contributed by atoms with Crippen LogP contribution in [0.4, 0.5) is 10.5 Å². The quantitative estimate of drug-likeness (QED) is 0.845. The van der Waals surface area contributed by atoms with E-state index in [1.807, 2.05) is 0 Å². The Bertz CT molecular complexity index is 520. The summed E-state index contributed by atoms with van der Waals surface area (Å²) in [4.78, 5) is 25.5. The summed E-state index contributed by atoms with van der Waals surface area (Å²) >= 11 is 0. The van der Waals surface area contributed by atoms with Crippen molar-refractivity contribution >= 4 is 17.7 Å². The Hall–Kier alpha value is -2.28. The van der Waals surface area contributed by atoms with Gasteiger partial charge in [-0.15, -0.1) is 0 Å². The molecule has 1 aliphatic rings. The van der Waals surface area contributed by atoms with Crippen molar-refractivity contribution in [2.24, 2.45) is 0 Å². The van der Waals surface area contributed by atoms with Gasteiger partial charge in [-0.1, -0.05) is 12.1 Å².